The largest absolute Gasteiger partial charge is 0.484 e. The molecule has 3 fully saturated rings. The van der Waals surface area contributed by atoms with Gasteiger partial charge in [0, 0.05) is 33.9 Å². The van der Waals surface area contributed by atoms with Crippen LogP contribution in [-0.2, 0) is 14.4 Å². The maximum absolute atomic E-state index is 14.0. The molecule has 4 aromatic carbocycles. The summed E-state index contributed by atoms with van der Waals surface area (Å²) in [5.74, 6) is -1.53. The van der Waals surface area contributed by atoms with Crippen molar-refractivity contribution in [2.75, 3.05) is 16.8 Å². The summed E-state index contributed by atoms with van der Waals surface area (Å²) in [5, 5.41) is 17.0. The lowest BCUT2D eigenvalue weighted by atomic mass is 9.68. The summed E-state index contributed by atoms with van der Waals surface area (Å²) in [6.07, 6.45) is 0.742. The van der Waals surface area contributed by atoms with Crippen molar-refractivity contribution in [1.82, 2.24) is 4.98 Å². The van der Waals surface area contributed by atoms with Crippen molar-refractivity contribution in [2.24, 2.45) is 29.6 Å². The molecule has 9 rings (SSSR count). The Morgan fingerprint density at radius 3 is 2.38 bits per heavy atom. The van der Waals surface area contributed by atoms with Crippen molar-refractivity contribution in [3.05, 3.63) is 121 Å². The normalized spacial score (nSPS) is 26.1. The first kappa shape index (κ1) is 30.8. The molecule has 50 heavy (non-hydrogen) atoms. The third kappa shape index (κ3) is 4.86. The zero-order valence-corrected chi connectivity index (χ0v) is 27.8. The maximum atomic E-state index is 14.0. The summed E-state index contributed by atoms with van der Waals surface area (Å²) in [6.45, 7) is -0.172. The number of nitro groups is 1. The van der Waals surface area contributed by atoms with E-state index in [-0.39, 0.29) is 63.8 Å². The Morgan fingerprint density at radius 2 is 1.64 bits per heavy atom. The number of rotatable bonds is 7. The van der Waals surface area contributed by atoms with Crippen molar-refractivity contribution in [3.63, 3.8) is 0 Å². The predicted molar refractivity (Wildman–Crippen MR) is 189 cm³/mol. The van der Waals surface area contributed by atoms with E-state index in [1.807, 2.05) is 66.7 Å². The molecule has 0 spiro atoms. The van der Waals surface area contributed by atoms with Crippen LogP contribution in [-0.4, -0.2) is 39.5 Å². The van der Waals surface area contributed by atoms with E-state index in [0.29, 0.717) is 17.1 Å². The number of nitrogens with one attached hydrogen (secondary N) is 2. The molecule has 7 atom stereocenters. The molecule has 2 saturated carbocycles. The number of nitro benzene ring substituents is 1. The van der Waals surface area contributed by atoms with E-state index in [2.05, 4.69) is 10.3 Å². The minimum Gasteiger partial charge on any atom is -0.484 e. The number of thiazole rings is 1. The van der Waals surface area contributed by atoms with Crippen molar-refractivity contribution in [3.8, 4) is 5.75 Å². The van der Waals surface area contributed by atoms with E-state index in [1.54, 1.807) is 11.8 Å². The number of hydrogen-bond acceptors (Lipinski definition) is 9. The number of fused-ring (bicyclic) bond motifs is 10. The standard InChI is InChI=1S/C37H28N4O7S2/c42-27(38-21-8-5-18-3-1-2-4-20(18)15-21)17-48-24-13-6-19(7-14-24)28-29-25-16-26(32(29)49-34-33(28)50-37(45)39-34)31-30(25)35(43)40(36(31)44)22-9-11-23(12-10-22)41(46)47/h1-15,25-26,28-32H,16-17H2,(H,38,42)(H,39,45)/t25-,26-,28-,29?,30?,31?,32?/m1/s1. The number of aromatic nitrogens is 1. The van der Waals surface area contributed by atoms with Crippen LogP contribution in [0.2, 0.25) is 0 Å². The molecule has 0 radical (unpaired) electrons. The van der Waals surface area contributed by atoms with Crippen LogP contribution in [0.5, 0.6) is 5.75 Å². The Balaban J connectivity index is 0.951. The average molecular weight is 705 g/mol. The maximum Gasteiger partial charge on any atom is 0.305 e. The number of benzene rings is 4. The van der Waals surface area contributed by atoms with Crippen molar-refractivity contribution >= 4 is 68.7 Å². The topological polar surface area (TPSA) is 152 Å². The van der Waals surface area contributed by atoms with Crippen LogP contribution in [0.25, 0.3) is 10.8 Å². The second kappa shape index (κ2) is 11.7. The number of nitrogens with zero attached hydrogens (tertiary/aromatic N) is 2. The SMILES string of the molecule is O=C(COc1ccc([C@H]2c3sc(=O)[nH]c3SC3C2[C@H]2C[C@@H]3C3C(=O)N(c4ccc([N+](=O)[O-])cc4)C(=O)C32)cc1)Nc1ccc2ccccc2c1. The van der Waals surface area contributed by atoms with E-state index in [4.69, 9.17) is 4.74 Å². The van der Waals surface area contributed by atoms with Gasteiger partial charge in [-0.25, -0.2) is 0 Å². The number of anilines is 2. The molecule has 2 N–H and O–H groups in total. The third-order valence-corrected chi connectivity index (χ3v) is 13.3. The van der Waals surface area contributed by atoms with Crippen molar-refractivity contribution < 1.29 is 24.0 Å². The number of H-pyrrole nitrogens is 1. The summed E-state index contributed by atoms with van der Waals surface area (Å²) in [4.78, 5) is 68.9. The van der Waals surface area contributed by atoms with Crippen molar-refractivity contribution in [2.45, 2.75) is 22.6 Å². The second-order valence-electron chi connectivity index (χ2n) is 13.2. The van der Waals surface area contributed by atoms with Gasteiger partial charge in [0.15, 0.2) is 6.61 Å². The highest BCUT2D eigenvalue weighted by Gasteiger charge is 2.69. The van der Waals surface area contributed by atoms with E-state index in [9.17, 15) is 29.3 Å². The summed E-state index contributed by atoms with van der Waals surface area (Å²) in [5.41, 5.74) is 1.89. The van der Waals surface area contributed by atoms with E-state index in [1.165, 1.54) is 40.5 Å². The fourth-order valence-electron chi connectivity index (χ4n) is 8.75. The molecule has 5 aromatic rings. The monoisotopic (exact) mass is 704 g/mol. The zero-order chi connectivity index (χ0) is 34.3. The number of thioether (sulfide) groups is 1. The molecule has 2 aliphatic carbocycles. The predicted octanol–water partition coefficient (Wildman–Crippen LogP) is 6.19. The zero-order valence-electron chi connectivity index (χ0n) is 26.2. The molecular formula is C37H28N4O7S2. The molecule has 250 valence electrons. The molecule has 3 amide bonds. The summed E-state index contributed by atoms with van der Waals surface area (Å²) in [6, 6.07) is 26.7. The number of carbonyl (C=O) groups excluding carboxylic acids is 3. The molecule has 3 heterocycles. The van der Waals surface area contributed by atoms with Gasteiger partial charge >= 0.3 is 4.87 Å². The number of hydrogen-bond donors (Lipinski definition) is 2. The van der Waals surface area contributed by atoms with Gasteiger partial charge in [-0.2, -0.15) is 0 Å². The lowest BCUT2D eigenvalue weighted by Crippen LogP contribution is -2.42. The molecular weight excluding hydrogens is 677 g/mol. The first-order valence-corrected chi connectivity index (χ1v) is 18.0. The van der Waals surface area contributed by atoms with Gasteiger partial charge in [0.05, 0.1) is 27.5 Å². The molecule has 4 unspecified atom stereocenters. The summed E-state index contributed by atoms with van der Waals surface area (Å²) in [7, 11) is 0. The van der Waals surface area contributed by atoms with Crippen LogP contribution in [0.1, 0.15) is 22.8 Å². The van der Waals surface area contributed by atoms with Gasteiger partial charge in [-0.1, -0.05) is 53.8 Å². The third-order valence-electron chi connectivity index (χ3n) is 10.7. The molecule has 2 aliphatic heterocycles. The van der Waals surface area contributed by atoms with Crippen LogP contribution < -0.4 is 19.8 Å². The van der Waals surface area contributed by atoms with E-state index >= 15 is 0 Å². The Morgan fingerprint density at radius 1 is 0.920 bits per heavy atom. The number of amides is 3. The first-order valence-electron chi connectivity index (χ1n) is 16.3. The first-order chi connectivity index (χ1) is 24.2. The van der Waals surface area contributed by atoms with Crippen LogP contribution in [0.4, 0.5) is 17.1 Å². The lowest BCUT2D eigenvalue weighted by Gasteiger charge is -2.43. The van der Waals surface area contributed by atoms with Gasteiger partial charge in [0.25, 0.3) is 11.6 Å². The highest BCUT2D eigenvalue weighted by Crippen LogP contribution is 2.68. The number of carbonyl (C=O) groups is 3. The highest BCUT2D eigenvalue weighted by atomic mass is 32.2. The Labute approximate surface area is 292 Å². The minimum absolute atomic E-state index is 0.0123. The van der Waals surface area contributed by atoms with Crippen LogP contribution in [0.15, 0.2) is 101 Å². The fraction of sp³-hybridized carbons (Fsp3) is 0.243. The Hall–Kier alpha value is -5.27. The minimum atomic E-state index is -0.514. The number of non-ortho nitro benzene ring substituents is 1. The summed E-state index contributed by atoms with van der Waals surface area (Å²) >= 11 is 2.79. The fourth-order valence-corrected chi connectivity index (χ4v) is 11.6. The van der Waals surface area contributed by atoms with Crippen LogP contribution >= 0.6 is 23.1 Å². The number of aromatic amines is 1. The van der Waals surface area contributed by atoms with Crippen LogP contribution in [0, 0.1) is 39.7 Å². The Bertz CT molecular complexity index is 2290. The summed E-state index contributed by atoms with van der Waals surface area (Å²) < 4.78 is 5.84. The Kier molecular flexibility index (Phi) is 7.18. The molecule has 2 bridgehead atoms. The van der Waals surface area contributed by atoms with Gasteiger partial charge < -0.3 is 15.0 Å². The van der Waals surface area contributed by atoms with Crippen LogP contribution in [0.3, 0.4) is 0 Å². The molecule has 1 saturated heterocycles. The highest BCUT2D eigenvalue weighted by molar-refractivity contribution is 8.00. The molecule has 4 aliphatic rings. The number of imide groups is 1. The van der Waals surface area contributed by atoms with Crippen molar-refractivity contribution in [1.29, 1.82) is 0 Å². The molecule has 11 nitrogen and oxygen atoms in total. The van der Waals surface area contributed by atoms with Gasteiger partial charge in [0.1, 0.15) is 5.75 Å². The number of ether oxygens (including phenoxy) is 1. The van der Waals surface area contributed by atoms with E-state index < -0.39 is 16.8 Å². The lowest BCUT2D eigenvalue weighted by molar-refractivity contribution is -0.384. The smallest absolute Gasteiger partial charge is 0.305 e. The van der Waals surface area contributed by atoms with Gasteiger partial charge in [-0.3, -0.25) is 34.2 Å². The van der Waals surface area contributed by atoms with Gasteiger partial charge in [-0.15, -0.1) is 11.8 Å². The average Bonchev–Trinajstić information content (AvgIpc) is 3.86. The quantitative estimate of drug-likeness (QED) is 0.116. The molecule has 13 heteroatoms. The molecule has 1 aromatic heterocycles. The van der Waals surface area contributed by atoms with E-state index in [0.717, 1.165) is 32.7 Å². The van der Waals surface area contributed by atoms with Gasteiger partial charge in [-0.05, 0) is 76.9 Å². The second-order valence-corrected chi connectivity index (χ2v) is 15.4. The van der Waals surface area contributed by atoms with Gasteiger partial charge in [0.2, 0.25) is 11.8 Å².